The van der Waals surface area contributed by atoms with Crippen molar-refractivity contribution in [1.29, 1.82) is 0 Å². The van der Waals surface area contributed by atoms with E-state index in [1.54, 1.807) is 25.1 Å². The third-order valence-electron chi connectivity index (χ3n) is 6.34. The summed E-state index contributed by atoms with van der Waals surface area (Å²) in [7, 11) is -2.62. The number of nitrogens with zero attached hydrogens (tertiary/aromatic N) is 2. The molecular weight excluding hydrogens is 545 g/mol. The molecule has 1 aliphatic carbocycles. The van der Waals surface area contributed by atoms with E-state index in [0.29, 0.717) is 20.6 Å². The number of benzene rings is 2. The van der Waals surface area contributed by atoms with Crippen molar-refractivity contribution < 1.29 is 18.0 Å². The Bertz CT molecular complexity index is 1190. The van der Waals surface area contributed by atoms with Crippen LogP contribution in [0.1, 0.15) is 44.6 Å². The fourth-order valence-corrected chi connectivity index (χ4v) is 5.71. The number of halogens is 3. The van der Waals surface area contributed by atoms with E-state index >= 15 is 0 Å². The van der Waals surface area contributed by atoms with E-state index < -0.39 is 28.5 Å². The molecule has 36 heavy (non-hydrogen) atoms. The monoisotopic (exact) mass is 573 g/mol. The third kappa shape index (κ3) is 7.35. The number of nitrogens with one attached hydrogen (secondary N) is 1. The van der Waals surface area contributed by atoms with Crippen LogP contribution in [0.15, 0.2) is 47.4 Å². The first-order valence-corrected chi connectivity index (χ1v) is 14.3. The van der Waals surface area contributed by atoms with E-state index in [-0.39, 0.29) is 23.4 Å². The normalized spacial score (nSPS) is 15.5. The molecule has 1 saturated carbocycles. The van der Waals surface area contributed by atoms with Crippen LogP contribution >= 0.6 is 34.8 Å². The van der Waals surface area contributed by atoms with Crippen molar-refractivity contribution in [2.24, 2.45) is 0 Å². The predicted octanol–water partition coefficient (Wildman–Crippen LogP) is 5.13. The molecule has 0 unspecified atom stereocenters. The number of hydrogen-bond donors (Lipinski definition) is 1. The predicted molar refractivity (Wildman–Crippen MR) is 143 cm³/mol. The van der Waals surface area contributed by atoms with Gasteiger partial charge >= 0.3 is 0 Å². The fourth-order valence-electron chi connectivity index (χ4n) is 4.14. The van der Waals surface area contributed by atoms with Gasteiger partial charge in [-0.3, -0.25) is 9.59 Å². The zero-order chi connectivity index (χ0) is 26.5. The van der Waals surface area contributed by atoms with E-state index in [1.807, 2.05) is 0 Å². The maximum absolute atomic E-state index is 13.4. The summed E-state index contributed by atoms with van der Waals surface area (Å²) < 4.78 is 27.0. The average molecular weight is 575 g/mol. The van der Waals surface area contributed by atoms with Crippen molar-refractivity contribution in [1.82, 2.24) is 14.5 Å². The van der Waals surface area contributed by atoms with E-state index in [9.17, 15) is 18.0 Å². The van der Waals surface area contributed by atoms with Gasteiger partial charge in [0, 0.05) is 24.7 Å². The Labute approximate surface area is 227 Å². The zero-order valence-corrected chi connectivity index (χ0v) is 23.3. The van der Waals surface area contributed by atoms with Crippen LogP contribution in [0.25, 0.3) is 0 Å². The SMILES string of the molecule is C[C@H](C(=O)NC1CCCCC1)N(Cc1ccc(Cl)c(Cl)c1)C(=O)CN(C)S(=O)(=O)c1ccc(Cl)cc1. The second-order valence-corrected chi connectivity index (χ2v) is 12.3. The lowest BCUT2D eigenvalue weighted by atomic mass is 9.95. The molecule has 1 atom stereocenters. The number of sulfonamides is 1. The van der Waals surface area contributed by atoms with Crippen molar-refractivity contribution in [2.75, 3.05) is 13.6 Å². The Balaban J connectivity index is 1.81. The van der Waals surface area contributed by atoms with Crippen LogP contribution in [0.5, 0.6) is 0 Å². The number of likely N-dealkylation sites (N-methyl/N-ethyl adjacent to an activating group) is 1. The topological polar surface area (TPSA) is 86.8 Å². The van der Waals surface area contributed by atoms with Gasteiger partial charge in [0.1, 0.15) is 6.04 Å². The molecule has 2 aromatic carbocycles. The molecule has 3 rings (SSSR count). The molecule has 196 valence electrons. The smallest absolute Gasteiger partial charge is 0.243 e. The number of rotatable bonds is 9. The lowest BCUT2D eigenvalue weighted by Gasteiger charge is -2.32. The summed E-state index contributed by atoms with van der Waals surface area (Å²) in [5.41, 5.74) is 0.665. The van der Waals surface area contributed by atoms with Crippen LogP contribution in [-0.2, 0) is 26.2 Å². The zero-order valence-electron chi connectivity index (χ0n) is 20.2. The van der Waals surface area contributed by atoms with Crippen LogP contribution in [-0.4, -0.2) is 55.1 Å². The summed E-state index contributed by atoms with van der Waals surface area (Å²) in [4.78, 5) is 27.9. The second-order valence-electron chi connectivity index (χ2n) is 9.00. The molecule has 0 aliphatic heterocycles. The quantitative estimate of drug-likeness (QED) is 0.450. The molecule has 0 radical (unpaired) electrons. The summed E-state index contributed by atoms with van der Waals surface area (Å²) in [5.74, 6) is -0.800. The van der Waals surface area contributed by atoms with Crippen LogP contribution in [0.2, 0.25) is 15.1 Å². The molecule has 1 fully saturated rings. The Morgan fingerprint density at radius 3 is 2.25 bits per heavy atom. The van der Waals surface area contributed by atoms with Gasteiger partial charge in [-0.05, 0) is 61.7 Å². The van der Waals surface area contributed by atoms with Gasteiger partial charge in [-0.1, -0.05) is 60.1 Å². The summed E-state index contributed by atoms with van der Waals surface area (Å²) in [6, 6.07) is 9.91. The minimum atomic E-state index is -3.95. The van der Waals surface area contributed by atoms with Gasteiger partial charge in [0.2, 0.25) is 21.8 Å². The first-order chi connectivity index (χ1) is 17.0. The summed E-state index contributed by atoms with van der Waals surface area (Å²) in [6.45, 7) is 1.25. The molecule has 0 bridgehead atoms. The molecule has 0 aromatic heterocycles. The van der Waals surface area contributed by atoms with E-state index in [2.05, 4.69) is 5.32 Å². The van der Waals surface area contributed by atoms with Crippen LogP contribution in [0, 0.1) is 0 Å². The summed E-state index contributed by atoms with van der Waals surface area (Å²) in [6.07, 6.45) is 5.07. The minimum Gasteiger partial charge on any atom is -0.352 e. The molecular formula is C25H30Cl3N3O4S. The van der Waals surface area contributed by atoms with Gasteiger partial charge in [0.25, 0.3) is 0 Å². The van der Waals surface area contributed by atoms with E-state index in [1.165, 1.54) is 36.2 Å². The van der Waals surface area contributed by atoms with Crippen molar-refractivity contribution in [3.8, 4) is 0 Å². The Hall–Kier alpha value is -1.84. The van der Waals surface area contributed by atoms with Gasteiger partial charge < -0.3 is 10.2 Å². The first kappa shape index (κ1) is 28.7. The highest BCUT2D eigenvalue weighted by Gasteiger charge is 2.31. The van der Waals surface area contributed by atoms with Gasteiger partial charge in [-0.25, -0.2) is 8.42 Å². The molecule has 1 aliphatic rings. The van der Waals surface area contributed by atoms with E-state index in [0.717, 1.165) is 36.4 Å². The van der Waals surface area contributed by atoms with Gasteiger partial charge in [0.15, 0.2) is 0 Å². The lowest BCUT2D eigenvalue weighted by molar-refractivity contribution is -0.141. The highest BCUT2D eigenvalue weighted by Crippen LogP contribution is 2.24. The Kier molecular flexibility index (Phi) is 10.1. The number of amides is 2. The van der Waals surface area contributed by atoms with Gasteiger partial charge in [-0.15, -0.1) is 0 Å². The van der Waals surface area contributed by atoms with Crippen LogP contribution in [0.3, 0.4) is 0 Å². The fraction of sp³-hybridized carbons (Fsp3) is 0.440. The summed E-state index contributed by atoms with van der Waals surface area (Å²) >= 11 is 18.1. The number of carbonyl (C=O) groups is 2. The largest absolute Gasteiger partial charge is 0.352 e. The van der Waals surface area contributed by atoms with Crippen molar-refractivity contribution in [2.45, 2.75) is 62.6 Å². The van der Waals surface area contributed by atoms with Crippen molar-refractivity contribution in [3.05, 3.63) is 63.1 Å². The highest BCUT2D eigenvalue weighted by atomic mass is 35.5. The number of hydrogen-bond acceptors (Lipinski definition) is 4. The standard InChI is InChI=1S/C25H30Cl3N3O4S/c1-17(25(33)29-20-6-4-3-5-7-20)31(15-18-8-13-22(27)23(28)14-18)24(32)16-30(2)36(34,35)21-11-9-19(26)10-12-21/h8-14,17,20H,3-7,15-16H2,1-2H3,(H,29,33)/t17-/m1/s1. The molecule has 0 heterocycles. The van der Waals surface area contributed by atoms with E-state index in [4.69, 9.17) is 34.8 Å². The maximum Gasteiger partial charge on any atom is 0.243 e. The van der Waals surface area contributed by atoms with Crippen LogP contribution in [0.4, 0.5) is 0 Å². The summed E-state index contributed by atoms with van der Waals surface area (Å²) in [5, 5.41) is 4.14. The Morgan fingerprint density at radius 1 is 1.00 bits per heavy atom. The van der Waals surface area contributed by atoms with Crippen molar-refractivity contribution >= 4 is 56.6 Å². The molecule has 7 nitrogen and oxygen atoms in total. The first-order valence-electron chi connectivity index (χ1n) is 11.7. The molecule has 2 aromatic rings. The average Bonchev–Trinajstić information content (AvgIpc) is 2.85. The maximum atomic E-state index is 13.4. The van der Waals surface area contributed by atoms with Gasteiger partial charge in [-0.2, -0.15) is 4.31 Å². The lowest BCUT2D eigenvalue weighted by Crippen LogP contribution is -2.52. The Morgan fingerprint density at radius 2 is 1.64 bits per heavy atom. The van der Waals surface area contributed by atoms with Crippen LogP contribution < -0.4 is 5.32 Å². The second kappa shape index (κ2) is 12.6. The third-order valence-corrected chi connectivity index (χ3v) is 9.14. The van der Waals surface area contributed by atoms with Crippen molar-refractivity contribution in [3.63, 3.8) is 0 Å². The minimum absolute atomic E-state index is 0.0151. The molecule has 11 heteroatoms. The molecule has 1 N–H and O–H groups in total. The highest BCUT2D eigenvalue weighted by molar-refractivity contribution is 7.89. The molecule has 0 saturated heterocycles. The molecule has 0 spiro atoms. The molecule has 2 amide bonds. The number of carbonyl (C=O) groups excluding carboxylic acids is 2. The van der Waals surface area contributed by atoms with Gasteiger partial charge in [0.05, 0.1) is 21.5 Å².